The number of nitrogens with one attached hydrogen (secondary N) is 2. The maximum absolute atomic E-state index is 13.2. The Bertz CT molecular complexity index is 1020. The van der Waals surface area contributed by atoms with Crippen molar-refractivity contribution in [1.82, 2.24) is 25.3 Å². The molecule has 2 atom stereocenters. The third-order valence-corrected chi connectivity index (χ3v) is 5.87. The average molecular weight is 458 g/mol. The topological polar surface area (TPSA) is 106 Å². The van der Waals surface area contributed by atoms with Crippen molar-refractivity contribution in [2.75, 3.05) is 19.7 Å². The van der Waals surface area contributed by atoms with Crippen molar-refractivity contribution < 1.29 is 23.5 Å². The minimum atomic E-state index is -0.758. The summed E-state index contributed by atoms with van der Waals surface area (Å²) in [6, 6.07) is 6.72. The quantitative estimate of drug-likeness (QED) is 0.655. The van der Waals surface area contributed by atoms with Gasteiger partial charge in [0, 0.05) is 38.9 Å². The maximum Gasteiger partial charge on any atom is 0.272 e. The molecule has 0 saturated carbocycles. The van der Waals surface area contributed by atoms with Gasteiger partial charge in [-0.2, -0.15) is 5.10 Å². The Labute approximate surface area is 191 Å². The van der Waals surface area contributed by atoms with Crippen molar-refractivity contribution in [3.8, 4) is 0 Å². The van der Waals surface area contributed by atoms with Gasteiger partial charge in [0.2, 0.25) is 5.91 Å². The summed E-state index contributed by atoms with van der Waals surface area (Å²) in [5.74, 6) is -1.40. The van der Waals surface area contributed by atoms with E-state index in [9.17, 15) is 18.8 Å². The zero-order chi connectivity index (χ0) is 23.4. The van der Waals surface area contributed by atoms with E-state index in [4.69, 9.17) is 4.74 Å². The fourth-order valence-corrected chi connectivity index (χ4v) is 4.02. The molecule has 0 radical (unpaired) electrons. The summed E-state index contributed by atoms with van der Waals surface area (Å²) in [5, 5.41) is 9.72. The van der Waals surface area contributed by atoms with Crippen molar-refractivity contribution >= 4 is 17.7 Å². The summed E-state index contributed by atoms with van der Waals surface area (Å²) in [6.07, 6.45) is 2.58. The molecule has 176 valence electrons. The molecule has 4 rings (SSSR count). The smallest absolute Gasteiger partial charge is 0.272 e. The second-order valence-electron chi connectivity index (χ2n) is 8.42. The van der Waals surface area contributed by atoms with E-state index in [1.165, 1.54) is 22.9 Å². The lowest BCUT2D eigenvalue weighted by Gasteiger charge is -2.20. The Hall–Kier alpha value is -3.27. The van der Waals surface area contributed by atoms with Crippen molar-refractivity contribution in [2.45, 2.75) is 51.4 Å². The van der Waals surface area contributed by atoms with Gasteiger partial charge in [-0.3, -0.25) is 19.1 Å². The predicted octanol–water partition coefficient (Wildman–Crippen LogP) is 1.48. The van der Waals surface area contributed by atoms with Gasteiger partial charge in [0.1, 0.15) is 17.6 Å². The van der Waals surface area contributed by atoms with Crippen LogP contribution < -0.4 is 10.6 Å². The molecule has 10 heteroatoms. The zero-order valence-corrected chi connectivity index (χ0v) is 18.6. The van der Waals surface area contributed by atoms with Crippen LogP contribution in [-0.4, -0.2) is 64.2 Å². The molecule has 0 bridgehead atoms. The van der Waals surface area contributed by atoms with Gasteiger partial charge >= 0.3 is 0 Å². The number of halogens is 1. The summed E-state index contributed by atoms with van der Waals surface area (Å²) < 4.78 is 20.2. The monoisotopic (exact) mass is 457 g/mol. The molecular formula is C23H28FN5O4. The van der Waals surface area contributed by atoms with Crippen molar-refractivity contribution in [2.24, 2.45) is 0 Å². The number of hydrogen-bond acceptors (Lipinski definition) is 5. The van der Waals surface area contributed by atoms with Gasteiger partial charge in [-0.1, -0.05) is 12.1 Å². The fraction of sp³-hybridized carbons (Fsp3) is 0.478. The number of carbonyl (C=O) groups excluding carboxylic acids is 3. The highest BCUT2D eigenvalue weighted by atomic mass is 19.1. The van der Waals surface area contributed by atoms with Crippen LogP contribution in [0.2, 0.25) is 0 Å². The van der Waals surface area contributed by atoms with E-state index in [0.29, 0.717) is 44.9 Å². The molecule has 1 aromatic heterocycles. The Balaban J connectivity index is 1.37. The standard InChI is InChI=1S/C23H28FN5O4/c1-15(21(30)25-13-18-4-2-11-33-18)26-22(31)19-12-20-23(32)28(9-3-10-29(20)27-19)14-16-5-7-17(24)8-6-16/h5-8,12,15,18H,2-4,9-11,13-14H2,1H3,(H,25,30)(H,26,31)/t15-,18-/m1/s1. The number of carbonyl (C=O) groups is 3. The first-order chi connectivity index (χ1) is 15.9. The fourth-order valence-electron chi connectivity index (χ4n) is 4.02. The molecule has 33 heavy (non-hydrogen) atoms. The number of benzene rings is 1. The minimum Gasteiger partial charge on any atom is -0.376 e. The minimum absolute atomic E-state index is 0.0181. The summed E-state index contributed by atoms with van der Waals surface area (Å²) in [5.41, 5.74) is 1.22. The summed E-state index contributed by atoms with van der Waals surface area (Å²) in [6.45, 7) is 4.08. The first kappa shape index (κ1) is 22.9. The third kappa shape index (κ3) is 5.57. The molecule has 0 aliphatic carbocycles. The van der Waals surface area contributed by atoms with Crippen LogP contribution in [0.4, 0.5) is 4.39 Å². The Morgan fingerprint density at radius 1 is 1.24 bits per heavy atom. The zero-order valence-electron chi connectivity index (χ0n) is 18.6. The largest absolute Gasteiger partial charge is 0.376 e. The molecular weight excluding hydrogens is 429 g/mol. The van der Waals surface area contributed by atoms with E-state index in [0.717, 1.165) is 18.4 Å². The molecule has 1 aromatic carbocycles. The summed E-state index contributed by atoms with van der Waals surface area (Å²) >= 11 is 0. The maximum atomic E-state index is 13.2. The molecule has 2 aliphatic heterocycles. The molecule has 3 amide bonds. The summed E-state index contributed by atoms with van der Waals surface area (Å²) in [4.78, 5) is 39.7. The van der Waals surface area contributed by atoms with E-state index in [1.807, 2.05) is 0 Å². The van der Waals surface area contributed by atoms with Gasteiger partial charge in [-0.15, -0.1) is 0 Å². The second kappa shape index (κ2) is 10.1. The first-order valence-electron chi connectivity index (χ1n) is 11.2. The molecule has 3 heterocycles. The van der Waals surface area contributed by atoms with Crippen LogP contribution in [0.5, 0.6) is 0 Å². The molecule has 0 spiro atoms. The average Bonchev–Trinajstić information content (AvgIpc) is 3.45. The van der Waals surface area contributed by atoms with Crippen LogP contribution in [0.25, 0.3) is 0 Å². The molecule has 2 aliphatic rings. The number of amides is 3. The van der Waals surface area contributed by atoms with Crippen LogP contribution >= 0.6 is 0 Å². The van der Waals surface area contributed by atoms with Gasteiger partial charge in [-0.05, 0) is 43.9 Å². The van der Waals surface area contributed by atoms with E-state index in [2.05, 4.69) is 15.7 Å². The first-order valence-corrected chi connectivity index (χ1v) is 11.2. The molecule has 1 fully saturated rings. The Morgan fingerprint density at radius 2 is 2.03 bits per heavy atom. The van der Waals surface area contributed by atoms with Crippen LogP contribution in [0.15, 0.2) is 30.3 Å². The number of aryl methyl sites for hydroxylation is 1. The van der Waals surface area contributed by atoms with E-state index in [-0.39, 0.29) is 29.4 Å². The number of ether oxygens (including phenoxy) is 1. The van der Waals surface area contributed by atoms with Crippen LogP contribution in [0.3, 0.4) is 0 Å². The molecule has 2 aromatic rings. The molecule has 0 unspecified atom stereocenters. The molecule has 1 saturated heterocycles. The predicted molar refractivity (Wildman–Crippen MR) is 117 cm³/mol. The molecule has 2 N–H and O–H groups in total. The van der Waals surface area contributed by atoms with Crippen molar-refractivity contribution in [1.29, 1.82) is 0 Å². The lowest BCUT2D eigenvalue weighted by molar-refractivity contribution is -0.123. The van der Waals surface area contributed by atoms with Crippen LogP contribution in [0.1, 0.15) is 52.7 Å². The van der Waals surface area contributed by atoms with Gasteiger partial charge in [0.05, 0.1) is 6.10 Å². The van der Waals surface area contributed by atoms with E-state index < -0.39 is 11.9 Å². The van der Waals surface area contributed by atoms with Gasteiger partial charge in [0.25, 0.3) is 11.8 Å². The molecule has 9 nitrogen and oxygen atoms in total. The van der Waals surface area contributed by atoms with Gasteiger partial charge in [-0.25, -0.2) is 4.39 Å². The number of rotatable bonds is 7. The van der Waals surface area contributed by atoms with Gasteiger partial charge < -0.3 is 20.3 Å². The SMILES string of the molecule is C[C@@H](NC(=O)c1cc2n(n1)CCCN(Cc1ccc(F)cc1)C2=O)C(=O)NC[C@H]1CCCO1. The highest BCUT2D eigenvalue weighted by Gasteiger charge is 2.27. The van der Waals surface area contributed by atoms with Crippen molar-refractivity contribution in [3.63, 3.8) is 0 Å². The highest BCUT2D eigenvalue weighted by molar-refractivity contribution is 5.99. The third-order valence-electron chi connectivity index (χ3n) is 5.87. The number of hydrogen-bond donors (Lipinski definition) is 2. The van der Waals surface area contributed by atoms with E-state index in [1.54, 1.807) is 24.0 Å². The van der Waals surface area contributed by atoms with Crippen molar-refractivity contribution in [3.05, 3.63) is 53.1 Å². The summed E-state index contributed by atoms with van der Waals surface area (Å²) in [7, 11) is 0. The number of nitrogens with zero attached hydrogens (tertiary/aromatic N) is 3. The number of fused-ring (bicyclic) bond motifs is 1. The van der Waals surface area contributed by atoms with Gasteiger partial charge in [0.15, 0.2) is 5.69 Å². The lowest BCUT2D eigenvalue weighted by atomic mass is 10.2. The van der Waals surface area contributed by atoms with Crippen LogP contribution in [0, 0.1) is 5.82 Å². The normalized spacial score (nSPS) is 19.0. The van der Waals surface area contributed by atoms with E-state index >= 15 is 0 Å². The number of aromatic nitrogens is 2. The highest BCUT2D eigenvalue weighted by Crippen LogP contribution is 2.17. The Kier molecular flexibility index (Phi) is 7.02. The Morgan fingerprint density at radius 3 is 2.76 bits per heavy atom. The second-order valence-corrected chi connectivity index (χ2v) is 8.42. The lowest BCUT2D eigenvalue weighted by Crippen LogP contribution is -2.46. The van der Waals surface area contributed by atoms with Crippen LogP contribution in [-0.2, 0) is 22.6 Å².